The van der Waals surface area contributed by atoms with Crippen LogP contribution in [0.5, 0.6) is 0 Å². The van der Waals surface area contributed by atoms with Gasteiger partial charge in [0.1, 0.15) is 0 Å². The van der Waals surface area contributed by atoms with Crippen LogP contribution in [0.3, 0.4) is 0 Å². The van der Waals surface area contributed by atoms with Gasteiger partial charge in [0.05, 0.1) is 26.5 Å². The number of carbonyl (C=O) groups is 1. The zero-order chi connectivity index (χ0) is 23.3. The van der Waals surface area contributed by atoms with Gasteiger partial charge in [0.2, 0.25) is 15.9 Å². The molecular weight excluding hydrogens is 464 g/mol. The molecule has 2 aromatic heterocycles. The van der Waals surface area contributed by atoms with E-state index in [-0.39, 0.29) is 22.9 Å². The SMILES string of the molecule is Cc1ccc2nc(NC(=O)C3CCCN(S(=O)(=O)c4ccc5c(c4)oc(=O)n5C)C3)sc2c1. The number of piperidine rings is 1. The minimum atomic E-state index is -3.85. The summed E-state index contributed by atoms with van der Waals surface area (Å²) < 4.78 is 35.3. The average molecular weight is 487 g/mol. The summed E-state index contributed by atoms with van der Waals surface area (Å²) >= 11 is 1.40. The molecule has 4 aromatic rings. The molecule has 1 atom stereocenters. The number of hydrogen-bond donors (Lipinski definition) is 1. The number of aromatic nitrogens is 2. The highest BCUT2D eigenvalue weighted by molar-refractivity contribution is 7.89. The number of thiazole rings is 1. The first-order chi connectivity index (χ1) is 15.7. The molecule has 2 aromatic carbocycles. The lowest BCUT2D eigenvalue weighted by atomic mass is 9.99. The Morgan fingerprint density at radius 1 is 1.24 bits per heavy atom. The lowest BCUT2D eigenvalue weighted by Crippen LogP contribution is -2.43. The van der Waals surface area contributed by atoms with Crippen molar-refractivity contribution in [2.45, 2.75) is 24.7 Å². The van der Waals surface area contributed by atoms with E-state index in [9.17, 15) is 18.0 Å². The maximum Gasteiger partial charge on any atom is 0.419 e. The number of amides is 1. The third-order valence-corrected chi connectivity index (χ3v) is 8.73. The van der Waals surface area contributed by atoms with Crippen LogP contribution in [0, 0.1) is 12.8 Å². The first-order valence-electron chi connectivity index (χ1n) is 10.5. The fourth-order valence-electron chi connectivity index (χ4n) is 4.09. The van der Waals surface area contributed by atoms with Gasteiger partial charge in [-0.1, -0.05) is 17.4 Å². The van der Waals surface area contributed by atoms with Crippen LogP contribution in [0.4, 0.5) is 5.13 Å². The van der Waals surface area contributed by atoms with E-state index >= 15 is 0 Å². The molecule has 3 heterocycles. The van der Waals surface area contributed by atoms with Crippen molar-refractivity contribution < 1.29 is 17.6 Å². The Morgan fingerprint density at radius 2 is 2.06 bits per heavy atom. The standard InChI is InChI=1S/C22H22N4O5S2/c1-13-5-7-16-19(10-13)32-21(23-16)24-20(27)14-4-3-9-26(12-14)33(29,30)15-6-8-17-18(11-15)31-22(28)25(17)2/h5-8,10-11,14H,3-4,9,12H2,1-2H3,(H,23,24,27). The van der Waals surface area contributed by atoms with Gasteiger partial charge in [-0.15, -0.1) is 0 Å². The predicted molar refractivity (Wildman–Crippen MR) is 126 cm³/mol. The summed E-state index contributed by atoms with van der Waals surface area (Å²) in [4.78, 5) is 29.1. The van der Waals surface area contributed by atoms with Crippen molar-refractivity contribution in [3.8, 4) is 0 Å². The van der Waals surface area contributed by atoms with Gasteiger partial charge in [-0.2, -0.15) is 4.31 Å². The molecule has 1 unspecified atom stereocenters. The highest BCUT2D eigenvalue weighted by atomic mass is 32.2. The highest BCUT2D eigenvalue weighted by Crippen LogP contribution is 2.29. The largest absolute Gasteiger partial charge is 0.419 e. The number of anilines is 1. The molecule has 172 valence electrons. The summed E-state index contributed by atoms with van der Waals surface area (Å²) in [5.74, 6) is -1.28. The topological polar surface area (TPSA) is 115 Å². The minimum Gasteiger partial charge on any atom is -0.408 e. The van der Waals surface area contributed by atoms with Crippen LogP contribution in [0.15, 0.2) is 50.5 Å². The van der Waals surface area contributed by atoms with Gasteiger partial charge in [-0.3, -0.25) is 9.36 Å². The van der Waals surface area contributed by atoms with E-state index in [2.05, 4.69) is 10.3 Å². The molecule has 1 aliphatic rings. The first-order valence-corrected chi connectivity index (χ1v) is 12.8. The van der Waals surface area contributed by atoms with Crippen LogP contribution in [0.25, 0.3) is 21.3 Å². The molecule has 1 aliphatic heterocycles. The normalized spacial score (nSPS) is 17.6. The van der Waals surface area contributed by atoms with Crippen molar-refractivity contribution in [3.05, 3.63) is 52.5 Å². The van der Waals surface area contributed by atoms with Crippen molar-refractivity contribution in [2.75, 3.05) is 18.4 Å². The third-order valence-electron chi connectivity index (χ3n) is 5.93. The van der Waals surface area contributed by atoms with E-state index in [4.69, 9.17) is 4.42 Å². The Labute approximate surface area is 193 Å². The van der Waals surface area contributed by atoms with Crippen LogP contribution < -0.4 is 11.1 Å². The van der Waals surface area contributed by atoms with Gasteiger partial charge < -0.3 is 9.73 Å². The molecule has 0 radical (unpaired) electrons. The lowest BCUT2D eigenvalue weighted by molar-refractivity contribution is -0.120. The number of benzene rings is 2. The molecule has 5 rings (SSSR count). The van der Waals surface area contributed by atoms with Crippen LogP contribution in [-0.2, 0) is 21.9 Å². The Hall–Kier alpha value is -3.02. The van der Waals surface area contributed by atoms with Gasteiger partial charge in [-0.25, -0.2) is 18.2 Å². The van der Waals surface area contributed by atoms with E-state index < -0.39 is 21.7 Å². The number of aryl methyl sites for hydroxylation is 2. The van der Waals surface area contributed by atoms with Crippen LogP contribution in [0.2, 0.25) is 0 Å². The Morgan fingerprint density at radius 3 is 2.88 bits per heavy atom. The molecule has 1 fully saturated rings. The van der Waals surface area contributed by atoms with Crippen LogP contribution in [0.1, 0.15) is 18.4 Å². The number of sulfonamides is 1. The van der Waals surface area contributed by atoms with E-state index in [0.29, 0.717) is 30.0 Å². The summed E-state index contributed by atoms with van der Waals surface area (Å²) in [6.07, 6.45) is 1.16. The molecule has 1 amide bonds. The van der Waals surface area contributed by atoms with Crippen molar-refractivity contribution in [3.63, 3.8) is 0 Å². The third kappa shape index (κ3) is 3.96. The second-order valence-electron chi connectivity index (χ2n) is 8.24. The molecule has 0 spiro atoms. The number of oxazole rings is 1. The summed E-state index contributed by atoms with van der Waals surface area (Å²) in [5, 5.41) is 3.36. The first kappa shape index (κ1) is 21.8. The van der Waals surface area contributed by atoms with E-state index in [1.54, 1.807) is 13.1 Å². The Kier molecular flexibility index (Phi) is 5.34. The van der Waals surface area contributed by atoms with Crippen molar-refractivity contribution >= 4 is 53.7 Å². The van der Waals surface area contributed by atoms with Crippen LogP contribution in [-0.4, -0.2) is 41.3 Å². The molecular formula is C22H22N4O5S2. The van der Waals surface area contributed by atoms with Crippen LogP contribution >= 0.6 is 11.3 Å². The molecule has 0 saturated carbocycles. The smallest absolute Gasteiger partial charge is 0.408 e. The minimum absolute atomic E-state index is 0.0342. The number of hydrogen-bond acceptors (Lipinski definition) is 7. The predicted octanol–water partition coefficient (Wildman–Crippen LogP) is 3.09. The lowest BCUT2D eigenvalue weighted by Gasteiger charge is -2.31. The highest BCUT2D eigenvalue weighted by Gasteiger charge is 2.34. The van der Waals surface area contributed by atoms with Gasteiger partial charge >= 0.3 is 5.76 Å². The maximum absolute atomic E-state index is 13.3. The van der Waals surface area contributed by atoms with Crippen molar-refractivity contribution in [1.29, 1.82) is 0 Å². The second-order valence-corrected chi connectivity index (χ2v) is 11.2. The number of fused-ring (bicyclic) bond motifs is 2. The van der Waals surface area contributed by atoms with Gasteiger partial charge in [0.25, 0.3) is 0 Å². The fourth-order valence-corrected chi connectivity index (χ4v) is 6.60. The number of rotatable bonds is 4. The van der Waals surface area contributed by atoms with Gasteiger partial charge in [0, 0.05) is 26.2 Å². The summed E-state index contributed by atoms with van der Waals surface area (Å²) in [7, 11) is -2.29. The van der Waals surface area contributed by atoms with Crippen molar-refractivity contribution in [1.82, 2.24) is 13.9 Å². The summed E-state index contributed by atoms with van der Waals surface area (Å²) in [6.45, 7) is 2.40. The fraction of sp³-hybridized carbons (Fsp3) is 0.318. The Balaban J connectivity index is 1.34. The summed E-state index contributed by atoms with van der Waals surface area (Å²) in [5.41, 5.74) is 2.66. The summed E-state index contributed by atoms with van der Waals surface area (Å²) in [6, 6.07) is 10.3. The maximum atomic E-state index is 13.3. The molecule has 1 N–H and O–H groups in total. The number of nitrogens with one attached hydrogen (secondary N) is 1. The number of nitrogens with zero attached hydrogens (tertiary/aromatic N) is 3. The zero-order valence-corrected chi connectivity index (χ0v) is 19.7. The molecule has 9 nitrogen and oxygen atoms in total. The van der Waals surface area contributed by atoms with E-state index in [1.807, 2.05) is 25.1 Å². The molecule has 11 heteroatoms. The van der Waals surface area contributed by atoms with Gasteiger partial charge in [0.15, 0.2) is 10.7 Å². The van der Waals surface area contributed by atoms with Crippen molar-refractivity contribution in [2.24, 2.45) is 13.0 Å². The average Bonchev–Trinajstić information content (AvgIpc) is 3.32. The van der Waals surface area contributed by atoms with E-state index in [1.165, 1.54) is 32.3 Å². The number of carbonyl (C=O) groups excluding carboxylic acids is 1. The zero-order valence-electron chi connectivity index (χ0n) is 18.1. The quantitative estimate of drug-likeness (QED) is 0.474. The molecule has 33 heavy (non-hydrogen) atoms. The second kappa shape index (κ2) is 8.08. The Bertz CT molecular complexity index is 1550. The van der Waals surface area contributed by atoms with Gasteiger partial charge in [-0.05, 0) is 49.6 Å². The molecule has 0 aliphatic carbocycles. The monoisotopic (exact) mass is 486 g/mol. The molecule has 1 saturated heterocycles. The van der Waals surface area contributed by atoms with E-state index in [0.717, 1.165) is 15.8 Å². The molecule has 0 bridgehead atoms.